The van der Waals surface area contributed by atoms with E-state index >= 15 is 0 Å². The molecule has 3 rings (SSSR count). The van der Waals surface area contributed by atoms with E-state index in [-0.39, 0.29) is 29.1 Å². The van der Waals surface area contributed by atoms with Crippen molar-refractivity contribution in [3.05, 3.63) is 65.7 Å². The van der Waals surface area contributed by atoms with Crippen LogP contribution < -0.4 is 10.0 Å². The minimum absolute atomic E-state index is 0.133. The Hall–Kier alpha value is -2.67. The standard InChI is InChI=1S/C20H23N3O3S/c1-14(2)17(15-8-4-3-5-9-15)12-21-19(24)13-22-20-16-10-6-7-11-18(16)27(25,26)23-20/h3-11,14,17H,12-13H2,1-2H3,(H,21,24)(H,22,23). The molecule has 27 heavy (non-hydrogen) atoms. The molecule has 1 unspecified atom stereocenters. The number of carbonyl (C=O) groups is 1. The third kappa shape index (κ3) is 4.36. The summed E-state index contributed by atoms with van der Waals surface area (Å²) in [4.78, 5) is 16.6. The molecule has 2 aromatic carbocycles. The van der Waals surface area contributed by atoms with E-state index < -0.39 is 10.0 Å². The van der Waals surface area contributed by atoms with Gasteiger partial charge in [0.15, 0.2) is 0 Å². The van der Waals surface area contributed by atoms with Gasteiger partial charge in [-0.25, -0.2) is 8.42 Å². The molecule has 0 aromatic heterocycles. The maximum absolute atomic E-state index is 12.2. The van der Waals surface area contributed by atoms with Crippen LogP contribution in [0.25, 0.3) is 0 Å². The molecule has 0 spiro atoms. The highest BCUT2D eigenvalue weighted by atomic mass is 32.2. The lowest BCUT2D eigenvalue weighted by Crippen LogP contribution is -2.32. The van der Waals surface area contributed by atoms with Crippen molar-refractivity contribution in [1.82, 2.24) is 10.0 Å². The molecule has 1 heterocycles. The molecular formula is C20H23N3O3S. The summed E-state index contributed by atoms with van der Waals surface area (Å²) in [6.45, 7) is 4.61. The van der Waals surface area contributed by atoms with Crippen molar-refractivity contribution in [2.24, 2.45) is 10.9 Å². The minimum Gasteiger partial charge on any atom is -0.354 e. The number of benzene rings is 2. The van der Waals surface area contributed by atoms with Crippen molar-refractivity contribution in [1.29, 1.82) is 0 Å². The molecule has 0 fully saturated rings. The van der Waals surface area contributed by atoms with Crippen LogP contribution in [-0.4, -0.2) is 33.3 Å². The van der Waals surface area contributed by atoms with Crippen LogP contribution in [0.3, 0.4) is 0 Å². The van der Waals surface area contributed by atoms with Crippen molar-refractivity contribution in [3.8, 4) is 0 Å². The molecular weight excluding hydrogens is 362 g/mol. The number of carbonyl (C=O) groups excluding carboxylic acids is 1. The number of nitrogens with one attached hydrogen (secondary N) is 2. The number of hydrogen-bond acceptors (Lipinski definition) is 4. The lowest BCUT2D eigenvalue weighted by Gasteiger charge is -2.21. The highest BCUT2D eigenvalue weighted by Crippen LogP contribution is 2.24. The summed E-state index contributed by atoms with van der Waals surface area (Å²) in [6.07, 6.45) is 0. The molecule has 142 valence electrons. The molecule has 2 aromatic rings. The van der Waals surface area contributed by atoms with Crippen LogP contribution in [0.1, 0.15) is 30.9 Å². The van der Waals surface area contributed by atoms with Crippen molar-refractivity contribution in [3.63, 3.8) is 0 Å². The average molecular weight is 385 g/mol. The fourth-order valence-corrected chi connectivity index (χ4v) is 4.37. The number of nitrogens with zero attached hydrogens (tertiary/aromatic N) is 1. The molecule has 7 heteroatoms. The minimum atomic E-state index is -3.59. The molecule has 0 saturated heterocycles. The van der Waals surface area contributed by atoms with Gasteiger partial charge in [-0.2, -0.15) is 0 Å². The van der Waals surface area contributed by atoms with Gasteiger partial charge in [-0.1, -0.05) is 56.3 Å². The summed E-state index contributed by atoms with van der Waals surface area (Å²) < 4.78 is 26.5. The Labute approximate surface area is 159 Å². The zero-order valence-corrected chi connectivity index (χ0v) is 16.2. The van der Waals surface area contributed by atoms with E-state index in [0.717, 1.165) is 0 Å². The van der Waals surface area contributed by atoms with E-state index in [2.05, 4.69) is 41.0 Å². The summed E-state index contributed by atoms with van der Waals surface area (Å²) in [5, 5.41) is 2.91. The van der Waals surface area contributed by atoms with Crippen molar-refractivity contribution >= 4 is 21.8 Å². The van der Waals surface area contributed by atoms with Crippen LogP contribution in [0.5, 0.6) is 0 Å². The predicted molar refractivity (Wildman–Crippen MR) is 105 cm³/mol. The summed E-state index contributed by atoms with van der Waals surface area (Å²) in [5.41, 5.74) is 1.67. The second kappa shape index (κ2) is 7.92. The topological polar surface area (TPSA) is 87.6 Å². The maximum Gasteiger partial charge on any atom is 0.263 e. The van der Waals surface area contributed by atoms with Gasteiger partial charge in [0, 0.05) is 18.0 Å². The van der Waals surface area contributed by atoms with Gasteiger partial charge in [0.2, 0.25) is 5.91 Å². The Morgan fingerprint density at radius 3 is 2.44 bits per heavy atom. The average Bonchev–Trinajstić information content (AvgIpc) is 2.92. The fourth-order valence-electron chi connectivity index (χ4n) is 3.12. The lowest BCUT2D eigenvalue weighted by molar-refractivity contribution is -0.119. The Morgan fingerprint density at radius 2 is 1.74 bits per heavy atom. The van der Waals surface area contributed by atoms with Crippen LogP contribution >= 0.6 is 0 Å². The molecule has 1 atom stereocenters. The van der Waals surface area contributed by atoms with Gasteiger partial charge < -0.3 is 5.32 Å². The van der Waals surface area contributed by atoms with Gasteiger partial charge in [-0.3, -0.25) is 14.5 Å². The van der Waals surface area contributed by atoms with Crippen LogP contribution in [0.4, 0.5) is 0 Å². The monoisotopic (exact) mass is 385 g/mol. The first kappa shape index (κ1) is 19.1. The van der Waals surface area contributed by atoms with Gasteiger partial charge in [0.1, 0.15) is 12.4 Å². The number of fused-ring (bicyclic) bond motifs is 1. The van der Waals surface area contributed by atoms with E-state index in [1.54, 1.807) is 18.2 Å². The molecule has 0 saturated carbocycles. The zero-order chi connectivity index (χ0) is 19.4. The second-order valence-electron chi connectivity index (χ2n) is 6.83. The van der Waals surface area contributed by atoms with Crippen LogP contribution in [0.2, 0.25) is 0 Å². The third-order valence-electron chi connectivity index (χ3n) is 4.60. The normalized spacial score (nSPS) is 17.4. The number of amides is 1. The van der Waals surface area contributed by atoms with E-state index in [0.29, 0.717) is 18.0 Å². The maximum atomic E-state index is 12.2. The molecule has 1 aliphatic rings. The van der Waals surface area contributed by atoms with Crippen LogP contribution in [0, 0.1) is 5.92 Å². The first-order valence-corrected chi connectivity index (χ1v) is 10.3. The first-order chi connectivity index (χ1) is 12.9. The van der Waals surface area contributed by atoms with Crippen molar-refractivity contribution in [2.45, 2.75) is 24.7 Å². The summed E-state index contributed by atoms with van der Waals surface area (Å²) in [6, 6.07) is 16.7. The Bertz CT molecular complexity index is 953. The molecule has 6 nitrogen and oxygen atoms in total. The lowest BCUT2D eigenvalue weighted by atomic mass is 9.88. The SMILES string of the molecule is CC(C)C(CNC(=O)CN=C1NS(=O)(=O)c2ccccc21)c1ccccc1. The van der Waals surface area contributed by atoms with Gasteiger partial charge >= 0.3 is 0 Å². The smallest absolute Gasteiger partial charge is 0.263 e. The van der Waals surface area contributed by atoms with Crippen LogP contribution in [-0.2, 0) is 14.8 Å². The fraction of sp³-hybridized carbons (Fsp3) is 0.300. The van der Waals surface area contributed by atoms with Gasteiger partial charge in [0.05, 0.1) is 4.90 Å². The third-order valence-corrected chi connectivity index (χ3v) is 5.99. The molecule has 0 radical (unpaired) electrons. The van der Waals surface area contributed by atoms with Crippen molar-refractivity contribution in [2.75, 3.05) is 13.1 Å². The molecule has 1 amide bonds. The predicted octanol–water partition coefficient (Wildman–Crippen LogP) is 2.28. The molecule has 0 aliphatic carbocycles. The van der Waals surface area contributed by atoms with Gasteiger partial charge in [-0.15, -0.1) is 0 Å². The first-order valence-electron chi connectivity index (χ1n) is 8.87. The summed E-state index contributed by atoms with van der Waals surface area (Å²) >= 11 is 0. The Morgan fingerprint density at radius 1 is 1.07 bits per heavy atom. The molecule has 2 N–H and O–H groups in total. The highest BCUT2D eigenvalue weighted by molar-refractivity contribution is 7.90. The van der Waals surface area contributed by atoms with Crippen LogP contribution in [0.15, 0.2) is 64.5 Å². The number of amidine groups is 1. The molecule has 0 bridgehead atoms. The largest absolute Gasteiger partial charge is 0.354 e. The van der Waals surface area contributed by atoms with E-state index in [9.17, 15) is 13.2 Å². The number of hydrogen-bond donors (Lipinski definition) is 2. The highest BCUT2D eigenvalue weighted by Gasteiger charge is 2.30. The van der Waals surface area contributed by atoms with E-state index in [1.807, 2.05) is 18.2 Å². The zero-order valence-electron chi connectivity index (χ0n) is 15.3. The Kier molecular flexibility index (Phi) is 5.60. The van der Waals surface area contributed by atoms with Gasteiger partial charge in [0.25, 0.3) is 10.0 Å². The molecule has 1 aliphatic heterocycles. The van der Waals surface area contributed by atoms with E-state index in [4.69, 9.17) is 0 Å². The second-order valence-corrected chi connectivity index (χ2v) is 8.48. The number of rotatable bonds is 6. The summed E-state index contributed by atoms with van der Waals surface area (Å²) in [7, 11) is -3.59. The number of aliphatic imine (C=N–C) groups is 1. The van der Waals surface area contributed by atoms with Crippen molar-refractivity contribution < 1.29 is 13.2 Å². The summed E-state index contributed by atoms with van der Waals surface area (Å²) in [5.74, 6) is 0.540. The quantitative estimate of drug-likeness (QED) is 0.800. The Balaban J connectivity index is 1.64. The number of sulfonamides is 1. The van der Waals surface area contributed by atoms with E-state index in [1.165, 1.54) is 11.6 Å². The van der Waals surface area contributed by atoms with Gasteiger partial charge in [-0.05, 0) is 23.6 Å².